The van der Waals surface area contributed by atoms with Gasteiger partial charge in [-0.15, -0.1) is 11.3 Å². The molecule has 0 aliphatic carbocycles. The first-order chi connectivity index (χ1) is 10.2. The van der Waals surface area contributed by atoms with Crippen LogP contribution in [0.15, 0.2) is 29.6 Å². The number of hydrogen-bond acceptors (Lipinski definition) is 4. The average Bonchev–Trinajstić information content (AvgIpc) is 2.95. The summed E-state index contributed by atoms with van der Waals surface area (Å²) in [4.78, 5) is 12.7. The molecule has 104 valence electrons. The third-order valence-electron chi connectivity index (χ3n) is 2.54. The first kappa shape index (κ1) is 15.1. The number of nitrogens with one attached hydrogen (secondary N) is 1. The topological polar surface area (TPSA) is 78.9 Å². The van der Waals surface area contributed by atoms with Crippen molar-refractivity contribution in [1.82, 2.24) is 0 Å². The van der Waals surface area contributed by atoms with Crippen LogP contribution in [0.3, 0.4) is 0 Å². The zero-order valence-electron chi connectivity index (χ0n) is 10.8. The van der Waals surface area contributed by atoms with Crippen molar-refractivity contribution in [1.29, 1.82) is 5.26 Å². The van der Waals surface area contributed by atoms with E-state index in [0.29, 0.717) is 26.7 Å². The summed E-state index contributed by atoms with van der Waals surface area (Å²) in [7, 11) is 0. The summed E-state index contributed by atoms with van der Waals surface area (Å²) in [5.74, 6) is 5.28. The van der Waals surface area contributed by atoms with Gasteiger partial charge >= 0.3 is 0 Å². The Labute approximate surface area is 131 Å². The standard InChI is InChI=1S/C15H10ClN3OS/c16-12-8-10(9-18)3-4-13(12)19-15(20)14-11(2-1-6-17)5-7-21-14/h3-5,7-8H,6,17H2,(H,19,20). The lowest BCUT2D eigenvalue weighted by molar-refractivity contribution is 0.103. The van der Waals surface area contributed by atoms with Crippen LogP contribution in [-0.2, 0) is 0 Å². The van der Waals surface area contributed by atoms with Gasteiger partial charge in [-0.05, 0) is 29.6 Å². The molecule has 0 bridgehead atoms. The van der Waals surface area contributed by atoms with Gasteiger partial charge in [0.05, 0.1) is 28.9 Å². The van der Waals surface area contributed by atoms with Gasteiger partial charge in [0.25, 0.3) is 5.91 Å². The summed E-state index contributed by atoms with van der Waals surface area (Å²) in [5.41, 5.74) is 6.84. The van der Waals surface area contributed by atoms with Gasteiger partial charge in [0.2, 0.25) is 0 Å². The molecule has 1 aromatic carbocycles. The molecule has 0 aliphatic rings. The fourth-order valence-electron chi connectivity index (χ4n) is 1.59. The van der Waals surface area contributed by atoms with Crippen molar-refractivity contribution >= 4 is 34.5 Å². The first-order valence-corrected chi connectivity index (χ1v) is 7.19. The molecule has 2 rings (SSSR count). The number of carbonyl (C=O) groups is 1. The molecule has 0 saturated heterocycles. The second-order valence-electron chi connectivity index (χ2n) is 3.93. The molecule has 6 heteroatoms. The Morgan fingerprint density at radius 2 is 2.24 bits per heavy atom. The van der Waals surface area contributed by atoms with Crippen LogP contribution >= 0.6 is 22.9 Å². The predicted octanol–water partition coefficient (Wildman–Crippen LogP) is 2.84. The maximum atomic E-state index is 12.2. The molecule has 1 amide bonds. The molecular weight excluding hydrogens is 306 g/mol. The van der Waals surface area contributed by atoms with E-state index in [0.717, 1.165) is 0 Å². The molecule has 21 heavy (non-hydrogen) atoms. The van der Waals surface area contributed by atoms with Gasteiger partial charge < -0.3 is 11.1 Å². The van der Waals surface area contributed by atoms with Crippen LogP contribution in [0.25, 0.3) is 0 Å². The molecule has 0 unspecified atom stereocenters. The molecular formula is C15H10ClN3OS. The average molecular weight is 316 g/mol. The predicted molar refractivity (Wildman–Crippen MR) is 84.4 cm³/mol. The Balaban J connectivity index is 2.23. The van der Waals surface area contributed by atoms with E-state index < -0.39 is 0 Å². The number of nitriles is 1. The van der Waals surface area contributed by atoms with Crippen molar-refractivity contribution < 1.29 is 4.79 Å². The number of anilines is 1. The third kappa shape index (κ3) is 3.62. The summed E-state index contributed by atoms with van der Waals surface area (Å²) in [5, 5.41) is 13.6. The monoisotopic (exact) mass is 315 g/mol. The maximum Gasteiger partial charge on any atom is 0.267 e. The lowest BCUT2D eigenvalue weighted by Crippen LogP contribution is -2.12. The Morgan fingerprint density at radius 3 is 2.90 bits per heavy atom. The molecule has 0 spiro atoms. The van der Waals surface area contributed by atoms with Crippen LogP contribution in [0.2, 0.25) is 5.02 Å². The maximum absolute atomic E-state index is 12.2. The van der Waals surface area contributed by atoms with Crippen molar-refractivity contribution in [2.24, 2.45) is 5.73 Å². The summed E-state index contributed by atoms with van der Waals surface area (Å²) in [6.07, 6.45) is 0. The summed E-state index contributed by atoms with van der Waals surface area (Å²) < 4.78 is 0. The molecule has 0 radical (unpaired) electrons. The van der Waals surface area contributed by atoms with E-state index in [9.17, 15) is 4.79 Å². The number of nitrogens with zero attached hydrogens (tertiary/aromatic N) is 1. The number of carbonyl (C=O) groups excluding carboxylic acids is 1. The molecule has 0 atom stereocenters. The van der Waals surface area contributed by atoms with Gasteiger partial charge in [-0.3, -0.25) is 4.79 Å². The minimum absolute atomic E-state index is 0.234. The Kier molecular flexibility index (Phi) is 4.97. The molecule has 0 fully saturated rings. The minimum Gasteiger partial charge on any atom is -0.320 e. The van der Waals surface area contributed by atoms with Crippen molar-refractivity contribution in [3.05, 3.63) is 50.7 Å². The molecule has 2 aromatic rings. The first-order valence-electron chi connectivity index (χ1n) is 5.93. The van der Waals surface area contributed by atoms with Gasteiger partial charge in [-0.1, -0.05) is 23.4 Å². The van der Waals surface area contributed by atoms with Crippen LogP contribution in [0.4, 0.5) is 5.69 Å². The number of thiophene rings is 1. The number of halogens is 1. The third-order valence-corrected chi connectivity index (χ3v) is 3.77. The van der Waals surface area contributed by atoms with Crippen LogP contribution in [-0.4, -0.2) is 12.5 Å². The SMILES string of the molecule is N#Cc1ccc(NC(=O)c2sccc2C#CCN)c(Cl)c1. The highest BCUT2D eigenvalue weighted by molar-refractivity contribution is 7.12. The highest BCUT2D eigenvalue weighted by Gasteiger charge is 2.13. The molecule has 4 nitrogen and oxygen atoms in total. The minimum atomic E-state index is -0.294. The second-order valence-corrected chi connectivity index (χ2v) is 5.25. The highest BCUT2D eigenvalue weighted by atomic mass is 35.5. The van der Waals surface area contributed by atoms with E-state index in [1.807, 2.05) is 6.07 Å². The highest BCUT2D eigenvalue weighted by Crippen LogP contribution is 2.25. The van der Waals surface area contributed by atoms with Crippen molar-refractivity contribution in [3.63, 3.8) is 0 Å². The fraction of sp³-hybridized carbons (Fsp3) is 0.0667. The van der Waals surface area contributed by atoms with E-state index in [-0.39, 0.29) is 12.5 Å². The zero-order valence-corrected chi connectivity index (χ0v) is 12.4. The quantitative estimate of drug-likeness (QED) is 0.836. The fourth-order valence-corrected chi connectivity index (χ4v) is 2.57. The largest absolute Gasteiger partial charge is 0.320 e. The molecule has 1 aromatic heterocycles. The molecule has 3 N–H and O–H groups in total. The lowest BCUT2D eigenvalue weighted by atomic mass is 10.2. The molecule has 0 aliphatic heterocycles. The van der Waals surface area contributed by atoms with Crippen LogP contribution in [0.1, 0.15) is 20.8 Å². The normalized spacial score (nSPS) is 9.38. The van der Waals surface area contributed by atoms with E-state index in [2.05, 4.69) is 17.2 Å². The Bertz CT molecular complexity index is 780. The molecule has 0 saturated carbocycles. The number of amides is 1. The van der Waals surface area contributed by atoms with Crippen LogP contribution < -0.4 is 11.1 Å². The van der Waals surface area contributed by atoms with Crippen LogP contribution in [0, 0.1) is 23.2 Å². The van der Waals surface area contributed by atoms with Gasteiger partial charge in [-0.25, -0.2) is 0 Å². The van der Waals surface area contributed by atoms with Gasteiger partial charge in [0.15, 0.2) is 0 Å². The van der Waals surface area contributed by atoms with Crippen molar-refractivity contribution in [3.8, 4) is 17.9 Å². The van der Waals surface area contributed by atoms with Gasteiger partial charge in [-0.2, -0.15) is 5.26 Å². The Hall–Kier alpha value is -2.31. The summed E-state index contributed by atoms with van der Waals surface area (Å²) >= 11 is 7.32. The van der Waals surface area contributed by atoms with E-state index in [1.54, 1.807) is 23.6 Å². The van der Waals surface area contributed by atoms with Gasteiger partial charge in [0, 0.05) is 5.56 Å². The van der Waals surface area contributed by atoms with E-state index >= 15 is 0 Å². The van der Waals surface area contributed by atoms with Crippen LogP contribution in [0.5, 0.6) is 0 Å². The van der Waals surface area contributed by atoms with E-state index in [4.69, 9.17) is 22.6 Å². The number of hydrogen-bond donors (Lipinski definition) is 2. The number of nitrogens with two attached hydrogens (primary N) is 1. The Morgan fingerprint density at radius 1 is 1.43 bits per heavy atom. The van der Waals surface area contributed by atoms with Crippen molar-refractivity contribution in [2.75, 3.05) is 11.9 Å². The second kappa shape index (κ2) is 6.92. The summed E-state index contributed by atoms with van der Waals surface area (Å²) in [6, 6.07) is 8.43. The zero-order chi connectivity index (χ0) is 15.2. The number of benzene rings is 1. The van der Waals surface area contributed by atoms with E-state index in [1.165, 1.54) is 17.4 Å². The smallest absolute Gasteiger partial charge is 0.267 e. The summed E-state index contributed by atoms with van der Waals surface area (Å²) in [6.45, 7) is 0.234. The van der Waals surface area contributed by atoms with Gasteiger partial charge in [0.1, 0.15) is 4.88 Å². The molecule has 1 heterocycles. The lowest BCUT2D eigenvalue weighted by Gasteiger charge is -2.06. The van der Waals surface area contributed by atoms with Crippen molar-refractivity contribution in [2.45, 2.75) is 0 Å². The number of rotatable bonds is 2.